The average Bonchev–Trinajstić information content (AvgIpc) is 2.84. The number of benzene rings is 1. The predicted octanol–water partition coefficient (Wildman–Crippen LogP) is 2.83. The molecular formula is C16H22FNO4S. The van der Waals surface area contributed by atoms with Gasteiger partial charge in [0.15, 0.2) is 0 Å². The zero-order chi connectivity index (χ0) is 16.5. The molecule has 0 radical (unpaired) electrons. The highest BCUT2D eigenvalue weighted by molar-refractivity contribution is 7.84. The lowest BCUT2D eigenvalue weighted by atomic mass is 9.80. The van der Waals surface area contributed by atoms with Crippen LogP contribution in [-0.4, -0.2) is 20.6 Å². The molecule has 0 unspecified atom stereocenters. The normalized spacial score (nSPS) is 27.4. The maximum atomic E-state index is 14.2. The summed E-state index contributed by atoms with van der Waals surface area (Å²) < 4.78 is 47.5. The maximum absolute atomic E-state index is 14.2. The highest BCUT2D eigenvalue weighted by Crippen LogP contribution is 2.50. The smallest absolute Gasteiger partial charge is 0.333 e. The molecule has 2 atom stereocenters. The van der Waals surface area contributed by atoms with Gasteiger partial charge in [0.05, 0.1) is 18.3 Å². The van der Waals surface area contributed by atoms with Crippen molar-refractivity contribution in [2.75, 3.05) is 6.61 Å². The Kier molecular flexibility index (Phi) is 4.73. The highest BCUT2D eigenvalue weighted by Gasteiger charge is 2.48. The first-order valence-electron chi connectivity index (χ1n) is 7.98. The molecule has 1 heterocycles. The Bertz CT molecular complexity index is 658. The number of hydrogen-bond donors (Lipinski definition) is 1. The van der Waals surface area contributed by atoms with Crippen LogP contribution in [0.2, 0.25) is 0 Å². The van der Waals surface area contributed by atoms with Crippen LogP contribution in [0.5, 0.6) is 0 Å². The van der Waals surface area contributed by atoms with E-state index in [2.05, 4.69) is 0 Å². The lowest BCUT2D eigenvalue weighted by molar-refractivity contribution is -0.0700. The van der Waals surface area contributed by atoms with Gasteiger partial charge in [0.1, 0.15) is 5.82 Å². The van der Waals surface area contributed by atoms with Crippen molar-refractivity contribution in [1.29, 1.82) is 0 Å². The Morgan fingerprint density at radius 1 is 1.26 bits per heavy atom. The molecule has 1 aromatic carbocycles. The lowest BCUT2D eigenvalue weighted by Gasteiger charge is -2.33. The van der Waals surface area contributed by atoms with Gasteiger partial charge >= 0.3 is 10.3 Å². The van der Waals surface area contributed by atoms with Crippen LogP contribution in [0.3, 0.4) is 0 Å². The molecular weight excluding hydrogens is 321 g/mol. The van der Waals surface area contributed by atoms with Crippen molar-refractivity contribution in [3.05, 3.63) is 35.6 Å². The van der Waals surface area contributed by atoms with E-state index in [0.717, 1.165) is 25.7 Å². The van der Waals surface area contributed by atoms with Gasteiger partial charge in [0.25, 0.3) is 0 Å². The van der Waals surface area contributed by atoms with Crippen LogP contribution in [0, 0.1) is 11.7 Å². The van der Waals surface area contributed by atoms with Gasteiger partial charge in [0.2, 0.25) is 0 Å². The van der Waals surface area contributed by atoms with Gasteiger partial charge in [-0.3, -0.25) is 4.18 Å². The van der Waals surface area contributed by atoms with E-state index in [-0.39, 0.29) is 23.9 Å². The summed E-state index contributed by atoms with van der Waals surface area (Å²) in [4.78, 5) is 0. The Balaban J connectivity index is 1.85. The molecule has 1 aromatic rings. The fraction of sp³-hybridized carbons (Fsp3) is 0.625. The third-order valence-corrected chi connectivity index (χ3v) is 5.33. The zero-order valence-corrected chi connectivity index (χ0v) is 13.7. The van der Waals surface area contributed by atoms with Crippen molar-refractivity contribution in [2.45, 2.75) is 50.2 Å². The molecule has 0 bridgehead atoms. The molecule has 1 spiro atoms. The van der Waals surface area contributed by atoms with Crippen LogP contribution in [0.25, 0.3) is 0 Å². The summed E-state index contributed by atoms with van der Waals surface area (Å²) in [5.41, 5.74) is 0.162. The van der Waals surface area contributed by atoms with Crippen molar-refractivity contribution < 1.29 is 21.7 Å². The third kappa shape index (κ3) is 3.91. The molecule has 23 heavy (non-hydrogen) atoms. The summed E-state index contributed by atoms with van der Waals surface area (Å²) in [5.74, 6) is -0.575. The Morgan fingerprint density at radius 2 is 1.96 bits per heavy atom. The minimum absolute atomic E-state index is 0.0837. The second-order valence-electron chi connectivity index (χ2n) is 6.55. The van der Waals surface area contributed by atoms with Crippen LogP contribution >= 0.6 is 0 Å². The third-order valence-electron chi connectivity index (χ3n) is 4.86. The Hall–Kier alpha value is -1.02. The molecule has 1 aliphatic carbocycles. The molecule has 7 heteroatoms. The lowest BCUT2D eigenvalue weighted by Crippen LogP contribution is -2.31. The van der Waals surface area contributed by atoms with Crippen LogP contribution < -0.4 is 5.14 Å². The highest BCUT2D eigenvalue weighted by atomic mass is 32.2. The molecule has 3 rings (SSSR count). The summed E-state index contributed by atoms with van der Waals surface area (Å²) in [7, 11) is -4.02. The first-order valence-corrected chi connectivity index (χ1v) is 9.45. The van der Waals surface area contributed by atoms with E-state index >= 15 is 0 Å². The molecule has 2 aliphatic rings. The van der Waals surface area contributed by atoms with Crippen LogP contribution in [0.4, 0.5) is 4.39 Å². The van der Waals surface area contributed by atoms with E-state index in [0.29, 0.717) is 12.0 Å². The second-order valence-corrected chi connectivity index (χ2v) is 7.77. The zero-order valence-electron chi connectivity index (χ0n) is 12.9. The molecule has 0 aromatic heterocycles. The van der Waals surface area contributed by atoms with Gasteiger partial charge in [-0.25, -0.2) is 9.53 Å². The minimum Gasteiger partial charge on any atom is -0.367 e. The first-order chi connectivity index (χ1) is 10.9. The van der Waals surface area contributed by atoms with Gasteiger partial charge in [-0.2, -0.15) is 8.42 Å². The topological polar surface area (TPSA) is 78.6 Å². The van der Waals surface area contributed by atoms with Gasteiger partial charge in [-0.1, -0.05) is 37.5 Å². The summed E-state index contributed by atoms with van der Waals surface area (Å²) in [6.07, 6.45) is 5.33. The van der Waals surface area contributed by atoms with Gasteiger partial charge in [-0.15, -0.1) is 0 Å². The van der Waals surface area contributed by atoms with E-state index in [4.69, 9.17) is 14.1 Å². The monoisotopic (exact) mass is 343 g/mol. The van der Waals surface area contributed by atoms with Crippen molar-refractivity contribution in [3.8, 4) is 0 Å². The number of halogens is 1. The molecule has 5 nitrogen and oxygen atoms in total. The first kappa shape index (κ1) is 16.8. The molecule has 128 valence electrons. The SMILES string of the molecule is NS(=O)(=O)OC[C@@H]1CC2(CCCCC2)O[C@H]1c1ccccc1F. The quantitative estimate of drug-likeness (QED) is 0.912. The number of ether oxygens (including phenoxy) is 1. The molecule has 0 amide bonds. The Morgan fingerprint density at radius 3 is 2.61 bits per heavy atom. The summed E-state index contributed by atoms with van der Waals surface area (Å²) in [6, 6.07) is 6.46. The summed E-state index contributed by atoms with van der Waals surface area (Å²) in [6.45, 7) is -0.0837. The molecule has 1 aliphatic heterocycles. The summed E-state index contributed by atoms with van der Waals surface area (Å²) in [5, 5.41) is 4.93. The maximum Gasteiger partial charge on any atom is 0.333 e. The molecule has 1 saturated heterocycles. The van der Waals surface area contributed by atoms with Crippen molar-refractivity contribution >= 4 is 10.3 Å². The fourth-order valence-corrected chi connectivity index (χ4v) is 4.23. The second kappa shape index (κ2) is 6.47. The number of nitrogens with two attached hydrogens (primary N) is 1. The largest absolute Gasteiger partial charge is 0.367 e. The van der Waals surface area contributed by atoms with E-state index in [1.54, 1.807) is 18.2 Å². The van der Waals surface area contributed by atoms with Gasteiger partial charge < -0.3 is 4.74 Å². The van der Waals surface area contributed by atoms with E-state index in [1.807, 2.05) is 0 Å². The van der Waals surface area contributed by atoms with Crippen molar-refractivity contribution in [3.63, 3.8) is 0 Å². The number of rotatable bonds is 4. The van der Waals surface area contributed by atoms with Crippen LogP contribution in [0.1, 0.15) is 50.2 Å². The summed E-state index contributed by atoms with van der Waals surface area (Å²) >= 11 is 0. The van der Waals surface area contributed by atoms with E-state index in [9.17, 15) is 12.8 Å². The van der Waals surface area contributed by atoms with E-state index in [1.165, 1.54) is 12.5 Å². The van der Waals surface area contributed by atoms with Crippen LogP contribution in [-0.2, 0) is 19.2 Å². The van der Waals surface area contributed by atoms with Gasteiger partial charge in [0, 0.05) is 11.5 Å². The van der Waals surface area contributed by atoms with E-state index < -0.39 is 16.4 Å². The molecule has 2 N–H and O–H groups in total. The average molecular weight is 343 g/mol. The van der Waals surface area contributed by atoms with Crippen molar-refractivity contribution in [2.24, 2.45) is 11.1 Å². The minimum atomic E-state index is -4.02. The van der Waals surface area contributed by atoms with Crippen LogP contribution in [0.15, 0.2) is 24.3 Å². The Labute approximate surface area is 136 Å². The fourth-order valence-electron chi connectivity index (χ4n) is 3.87. The van der Waals surface area contributed by atoms with Gasteiger partial charge in [-0.05, 0) is 25.3 Å². The molecule has 1 saturated carbocycles. The standard InChI is InChI=1S/C16H22FNO4S/c17-14-7-3-2-6-13(14)15-12(11-21-23(18,19)20)10-16(22-15)8-4-1-5-9-16/h2-3,6-7,12,15H,1,4-5,8-11H2,(H2,18,19,20)/t12-,15+/m0/s1. The number of hydrogen-bond acceptors (Lipinski definition) is 4. The van der Waals surface area contributed by atoms with Crippen molar-refractivity contribution in [1.82, 2.24) is 0 Å². The predicted molar refractivity (Wildman–Crippen MR) is 83.2 cm³/mol. The molecule has 2 fully saturated rings.